The molecule has 0 unspecified atom stereocenters. The highest BCUT2D eigenvalue weighted by atomic mass is 16.6. The second-order valence-corrected chi connectivity index (χ2v) is 6.36. The summed E-state index contributed by atoms with van der Waals surface area (Å²) in [5.74, 6) is 0.500. The van der Waals surface area contributed by atoms with Crippen LogP contribution in [0.25, 0.3) is 10.9 Å². The number of rotatable bonds is 5. The summed E-state index contributed by atoms with van der Waals surface area (Å²) in [5.41, 5.74) is 10.3. The Morgan fingerprint density at radius 3 is 2.96 bits per heavy atom. The first-order valence-corrected chi connectivity index (χ1v) is 8.85. The van der Waals surface area contributed by atoms with Crippen molar-refractivity contribution in [2.24, 2.45) is 0 Å². The molecular weight excluding hydrogens is 302 g/mol. The minimum absolute atomic E-state index is 0.421. The maximum absolute atomic E-state index is 11.8. The number of anilines is 1. The van der Waals surface area contributed by atoms with Crippen LogP contribution >= 0.6 is 0 Å². The normalized spacial score (nSPS) is 13.5. The van der Waals surface area contributed by atoms with E-state index in [1.165, 1.54) is 6.42 Å². The van der Waals surface area contributed by atoms with E-state index >= 15 is 0 Å². The number of hydrogen-bond donors (Lipinski definition) is 2. The van der Waals surface area contributed by atoms with Crippen LogP contribution in [0.15, 0.2) is 18.2 Å². The molecule has 0 saturated carbocycles. The van der Waals surface area contributed by atoms with Gasteiger partial charge in [-0.25, -0.2) is 4.79 Å². The summed E-state index contributed by atoms with van der Waals surface area (Å²) in [4.78, 5) is 16.6. The standard InChI is InChI=1S/C19H25N3O2/c1-2-3-6-11-21-19(23)24-13-9-10-17-15(12-13)18(20)14-7-4-5-8-16(14)22-17/h9-10,12H,2-8,11H2,1H3,(H2,20,22)(H,21,23). The van der Waals surface area contributed by atoms with Crippen molar-refractivity contribution in [2.45, 2.75) is 51.9 Å². The van der Waals surface area contributed by atoms with Gasteiger partial charge in [0.1, 0.15) is 5.75 Å². The molecule has 1 aromatic carbocycles. The van der Waals surface area contributed by atoms with E-state index in [9.17, 15) is 4.79 Å². The van der Waals surface area contributed by atoms with Crippen LogP contribution in [-0.4, -0.2) is 17.6 Å². The molecule has 0 fully saturated rings. The molecule has 1 amide bonds. The van der Waals surface area contributed by atoms with Crippen LogP contribution < -0.4 is 15.8 Å². The molecule has 0 atom stereocenters. The average molecular weight is 327 g/mol. The Hall–Kier alpha value is -2.30. The molecule has 1 aromatic heterocycles. The van der Waals surface area contributed by atoms with Gasteiger partial charge in [0.2, 0.25) is 0 Å². The number of carbonyl (C=O) groups is 1. The number of nitrogens with two attached hydrogens (primary N) is 1. The van der Waals surface area contributed by atoms with Gasteiger partial charge in [-0.1, -0.05) is 19.8 Å². The summed E-state index contributed by atoms with van der Waals surface area (Å²) in [5, 5.41) is 3.64. The molecule has 0 radical (unpaired) electrons. The SMILES string of the molecule is CCCCCNC(=O)Oc1ccc2nc3c(c(N)c2c1)CCCC3. The van der Waals surface area contributed by atoms with Gasteiger partial charge in [0.25, 0.3) is 0 Å². The summed E-state index contributed by atoms with van der Waals surface area (Å²) >= 11 is 0. The van der Waals surface area contributed by atoms with Crippen LogP contribution in [0.5, 0.6) is 5.75 Å². The zero-order valence-corrected chi connectivity index (χ0v) is 14.2. The van der Waals surface area contributed by atoms with Gasteiger partial charge >= 0.3 is 6.09 Å². The van der Waals surface area contributed by atoms with Crippen LogP contribution in [0.4, 0.5) is 10.5 Å². The second kappa shape index (κ2) is 7.51. The predicted molar refractivity (Wildman–Crippen MR) is 96.3 cm³/mol. The molecule has 1 heterocycles. The molecule has 5 nitrogen and oxygen atoms in total. The van der Waals surface area contributed by atoms with E-state index in [2.05, 4.69) is 12.2 Å². The van der Waals surface area contributed by atoms with Crippen LogP contribution in [0.3, 0.4) is 0 Å². The minimum atomic E-state index is -0.421. The lowest BCUT2D eigenvalue weighted by Gasteiger charge is -2.18. The van der Waals surface area contributed by atoms with Gasteiger partial charge in [0, 0.05) is 23.3 Å². The van der Waals surface area contributed by atoms with Gasteiger partial charge in [0.05, 0.1) is 5.52 Å². The number of carbonyl (C=O) groups excluding carboxylic acids is 1. The lowest BCUT2D eigenvalue weighted by Crippen LogP contribution is -2.27. The van der Waals surface area contributed by atoms with E-state index in [4.69, 9.17) is 15.5 Å². The van der Waals surface area contributed by atoms with Crippen molar-refractivity contribution >= 4 is 22.7 Å². The number of aryl methyl sites for hydroxylation is 1. The summed E-state index contributed by atoms with van der Waals surface area (Å²) in [7, 11) is 0. The minimum Gasteiger partial charge on any atom is -0.410 e. The number of aromatic nitrogens is 1. The van der Waals surface area contributed by atoms with Gasteiger partial charge < -0.3 is 15.8 Å². The molecule has 0 spiro atoms. The van der Waals surface area contributed by atoms with Gasteiger partial charge in [-0.2, -0.15) is 0 Å². The fraction of sp³-hybridized carbons (Fsp3) is 0.474. The molecule has 0 saturated heterocycles. The third-order valence-electron chi connectivity index (χ3n) is 4.54. The Kier molecular flexibility index (Phi) is 5.18. The number of unbranched alkanes of at least 4 members (excludes halogenated alkanes) is 2. The van der Waals surface area contributed by atoms with Gasteiger partial charge in [-0.05, 0) is 55.9 Å². The van der Waals surface area contributed by atoms with Crippen molar-refractivity contribution in [3.63, 3.8) is 0 Å². The monoisotopic (exact) mass is 327 g/mol. The number of ether oxygens (including phenoxy) is 1. The van der Waals surface area contributed by atoms with Crippen LogP contribution in [-0.2, 0) is 12.8 Å². The van der Waals surface area contributed by atoms with Gasteiger partial charge in [-0.3, -0.25) is 4.98 Å². The molecule has 3 rings (SSSR count). The molecule has 2 aromatic rings. The van der Waals surface area contributed by atoms with Gasteiger partial charge in [-0.15, -0.1) is 0 Å². The summed E-state index contributed by atoms with van der Waals surface area (Å²) in [6.07, 6.45) is 7.06. The van der Waals surface area contributed by atoms with E-state index in [0.29, 0.717) is 12.3 Å². The predicted octanol–water partition coefficient (Wildman–Crippen LogP) is 3.97. The number of nitrogen functional groups attached to an aromatic ring is 1. The largest absolute Gasteiger partial charge is 0.412 e. The van der Waals surface area contributed by atoms with Crippen molar-refractivity contribution in [3.8, 4) is 5.75 Å². The zero-order chi connectivity index (χ0) is 16.9. The zero-order valence-electron chi connectivity index (χ0n) is 14.2. The smallest absolute Gasteiger partial charge is 0.410 e. The molecule has 0 bridgehead atoms. The number of benzene rings is 1. The number of nitrogens with zero attached hydrogens (tertiary/aromatic N) is 1. The summed E-state index contributed by atoms with van der Waals surface area (Å²) in [6, 6.07) is 5.47. The molecule has 128 valence electrons. The fourth-order valence-electron chi connectivity index (χ4n) is 3.21. The second-order valence-electron chi connectivity index (χ2n) is 6.36. The van der Waals surface area contributed by atoms with Crippen LogP contribution in [0.2, 0.25) is 0 Å². The topological polar surface area (TPSA) is 77.2 Å². The molecule has 3 N–H and O–H groups in total. The van der Waals surface area contributed by atoms with Gasteiger partial charge in [0.15, 0.2) is 0 Å². The van der Waals surface area contributed by atoms with E-state index < -0.39 is 6.09 Å². The number of pyridine rings is 1. The van der Waals surface area contributed by atoms with E-state index in [1.807, 2.05) is 12.1 Å². The van der Waals surface area contributed by atoms with Crippen LogP contribution in [0, 0.1) is 0 Å². The Morgan fingerprint density at radius 1 is 1.29 bits per heavy atom. The van der Waals surface area contributed by atoms with Crippen LogP contribution in [0.1, 0.15) is 50.3 Å². The third kappa shape index (κ3) is 3.61. The molecule has 24 heavy (non-hydrogen) atoms. The molecule has 1 aliphatic carbocycles. The lowest BCUT2D eigenvalue weighted by molar-refractivity contribution is 0.200. The van der Waals surface area contributed by atoms with Crippen molar-refractivity contribution in [2.75, 3.05) is 12.3 Å². The quantitative estimate of drug-likeness (QED) is 0.815. The average Bonchev–Trinajstić information content (AvgIpc) is 2.60. The molecule has 1 aliphatic rings. The maximum atomic E-state index is 11.8. The fourth-order valence-corrected chi connectivity index (χ4v) is 3.21. The highest BCUT2D eigenvalue weighted by molar-refractivity contribution is 5.93. The Labute approximate surface area is 142 Å². The number of hydrogen-bond acceptors (Lipinski definition) is 4. The highest BCUT2D eigenvalue weighted by Gasteiger charge is 2.17. The molecule has 0 aliphatic heterocycles. The molecule has 5 heteroatoms. The van der Waals surface area contributed by atoms with Crippen molar-refractivity contribution in [1.82, 2.24) is 10.3 Å². The summed E-state index contributed by atoms with van der Waals surface area (Å²) in [6.45, 7) is 2.77. The first-order valence-electron chi connectivity index (χ1n) is 8.85. The number of amides is 1. The van der Waals surface area contributed by atoms with Crippen molar-refractivity contribution < 1.29 is 9.53 Å². The first-order chi connectivity index (χ1) is 11.7. The lowest BCUT2D eigenvalue weighted by atomic mass is 9.93. The van der Waals surface area contributed by atoms with Crippen molar-refractivity contribution in [1.29, 1.82) is 0 Å². The first kappa shape index (κ1) is 16.6. The highest BCUT2D eigenvalue weighted by Crippen LogP contribution is 2.32. The Balaban J connectivity index is 1.76. The number of fused-ring (bicyclic) bond motifs is 2. The maximum Gasteiger partial charge on any atom is 0.412 e. The summed E-state index contributed by atoms with van der Waals surface area (Å²) < 4.78 is 5.37. The third-order valence-corrected chi connectivity index (χ3v) is 4.54. The Morgan fingerprint density at radius 2 is 2.12 bits per heavy atom. The van der Waals surface area contributed by atoms with E-state index in [0.717, 1.165) is 66.4 Å². The van der Waals surface area contributed by atoms with E-state index in [1.54, 1.807) is 6.07 Å². The van der Waals surface area contributed by atoms with E-state index in [-0.39, 0.29) is 0 Å². The van der Waals surface area contributed by atoms with Crippen molar-refractivity contribution in [3.05, 3.63) is 29.5 Å². The number of nitrogens with one attached hydrogen (secondary N) is 1. The molecular formula is C19H25N3O2. The Bertz CT molecular complexity index is 743.